The lowest BCUT2D eigenvalue weighted by atomic mass is 10.0. The van der Waals surface area contributed by atoms with Crippen molar-refractivity contribution in [2.24, 2.45) is 0 Å². The van der Waals surface area contributed by atoms with Crippen molar-refractivity contribution < 1.29 is 14.2 Å². The molecule has 0 fully saturated rings. The van der Waals surface area contributed by atoms with Gasteiger partial charge in [-0.3, -0.25) is 0 Å². The Kier molecular flexibility index (Phi) is 3.77. The molecule has 1 N–H and O–H groups in total. The van der Waals surface area contributed by atoms with E-state index in [0.717, 1.165) is 6.20 Å². The number of fused-ring (bicyclic) bond motifs is 1. The molecule has 0 aliphatic rings. The second-order valence-electron chi connectivity index (χ2n) is 5.37. The summed E-state index contributed by atoms with van der Waals surface area (Å²) in [6.45, 7) is 3.17. The SMILES string of the molecule is COc1cc2ncc(-c3nc(Br)ncc3F)n2nc1C(C)(C)O. The Labute approximate surface area is 139 Å². The quantitative estimate of drug-likeness (QED) is 0.700. The van der Waals surface area contributed by atoms with E-state index in [1.54, 1.807) is 19.9 Å². The van der Waals surface area contributed by atoms with Crippen LogP contribution in [0, 0.1) is 5.82 Å². The van der Waals surface area contributed by atoms with Gasteiger partial charge in [0.25, 0.3) is 0 Å². The van der Waals surface area contributed by atoms with Crippen LogP contribution in [0.25, 0.3) is 17.0 Å². The fraction of sp³-hybridized carbons (Fsp3) is 0.286. The highest BCUT2D eigenvalue weighted by Crippen LogP contribution is 2.30. The highest BCUT2D eigenvalue weighted by atomic mass is 79.9. The molecule has 3 heterocycles. The molecule has 120 valence electrons. The number of nitrogens with zero attached hydrogens (tertiary/aromatic N) is 5. The third kappa shape index (κ3) is 2.77. The second kappa shape index (κ2) is 5.50. The van der Waals surface area contributed by atoms with E-state index < -0.39 is 11.4 Å². The lowest BCUT2D eigenvalue weighted by Gasteiger charge is -2.19. The number of aliphatic hydroxyl groups is 1. The normalized spacial score (nSPS) is 11.9. The van der Waals surface area contributed by atoms with Crippen molar-refractivity contribution in [3.05, 3.63) is 34.7 Å². The van der Waals surface area contributed by atoms with Crippen molar-refractivity contribution in [3.8, 4) is 17.1 Å². The summed E-state index contributed by atoms with van der Waals surface area (Å²) < 4.78 is 21.0. The molecule has 3 aromatic rings. The van der Waals surface area contributed by atoms with E-state index in [1.807, 2.05) is 0 Å². The van der Waals surface area contributed by atoms with Crippen LogP contribution in [0.5, 0.6) is 5.75 Å². The maximum absolute atomic E-state index is 14.1. The van der Waals surface area contributed by atoms with Crippen LogP contribution in [-0.4, -0.2) is 36.8 Å². The smallest absolute Gasteiger partial charge is 0.197 e. The summed E-state index contributed by atoms with van der Waals surface area (Å²) in [5, 5.41) is 14.6. The van der Waals surface area contributed by atoms with Crippen molar-refractivity contribution in [1.29, 1.82) is 0 Å². The molecule has 0 spiro atoms. The molecule has 0 saturated heterocycles. The van der Waals surface area contributed by atoms with Crippen molar-refractivity contribution >= 4 is 21.6 Å². The molecular weight excluding hydrogens is 369 g/mol. The standard InChI is InChI=1S/C14H13BrFN5O2/c1-14(2,22)12-9(23-3)4-10-17-6-8(21(10)20-12)11-7(16)5-18-13(15)19-11/h4-6,22H,1-3H3. The molecule has 0 aromatic carbocycles. The fourth-order valence-corrected chi connectivity index (χ4v) is 2.44. The first kappa shape index (κ1) is 15.8. The minimum Gasteiger partial charge on any atom is -0.495 e. The number of imidazole rings is 1. The molecule has 0 aliphatic carbocycles. The Morgan fingerprint density at radius 3 is 2.70 bits per heavy atom. The molecule has 0 aliphatic heterocycles. The lowest BCUT2D eigenvalue weighted by Crippen LogP contribution is -2.20. The van der Waals surface area contributed by atoms with E-state index >= 15 is 0 Å². The summed E-state index contributed by atoms with van der Waals surface area (Å²) in [4.78, 5) is 12.0. The van der Waals surface area contributed by atoms with Gasteiger partial charge in [0.1, 0.15) is 28.4 Å². The first-order valence-electron chi connectivity index (χ1n) is 6.65. The van der Waals surface area contributed by atoms with Crippen LogP contribution in [0.4, 0.5) is 4.39 Å². The highest BCUT2D eigenvalue weighted by Gasteiger charge is 2.26. The third-order valence-corrected chi connectivity index (χ3v) is 3.60. The van der Waals surface area contributed by atoms with Crippen LogP contribution >= 0.6 is 15.9 Å². The Morgan fingerprint density at radius 1 is 1.30 bits per heavy atom. The van der Waals surface area contributed by atoms with Crippen LogP contribution in [0.2, 0.25) is 0 Å². The zero-order valence-electron chi connectivity index (χ0n) is 12.6. The summed E-state index contributed by atoms with van der Waals surface area (Å²) in [6, 6.07) is 1.62. The zero-order chi connectivity index (χ0) is 16.8. The molecule has 0 atom stereocenters. The molecular formula is C14H13BrFN5O2. The molecule has 0 radical (unpaired) electrons. The largest absolute Gasteiger partial charge is 0.495 e. The maximum atomic E-state index is 14.1. The lowest BCUT2D eigenvalue weighted by molar-refractivity contribution is 0.0694. The minimum absolute atomic E-state index is 0.0544. The number of methoxy groups -OCH3 is 1. The van der Waals surface area contributed by atoms with Gasteiger partial charge in [0.05, 0.1) is 19.5 Å². The van der Waals surface area contributed by atoms with Gasteiger partial charge in [0, 0.05) is 6.07 Å². The summed E-state index contributed by atoms with van der Waals surface area (Å²) >= 11 is 3.12. The van der Waals surface area contributed by atoms with E-state index in [-0.39, 0.29) is 10.4 Å². The summed E-state index contributed by atoms with van der Waals surface area (Å²) in [5.74, 6) is -0.205. The minimum atomic E-state index is -1.24. The topological polar surface area (TPSA) is 85.4 Å². The number of hydrogen-bond donors (Lipinski definition) is 1. The van der Waals surface area contributed by atoms with Gasteiger partial charge in [-0.05, 0) is 29.8 Å². The van der Waals surface area contributed by atoms with Crippen molar-refractivity contribution in [3.63, 3.8) is 0 Å². The summed E-state index contributed by atoms with van der Waals surface area (Å²) in [5.41, 5.74) is -0.0990. The molecule has 0 bridgehead atoms. The van der Waals surface area contributed by atoms with E-state index in [1.165, 1.54) is 17.8 Å². The van der Waals surface area contributed by atoms with Gasteiger partial charge in [-0.25, -0.2) is 23.9 Å². The molecule has 3 aromatic heterocycles. The molecule has 0 saturated carbocycles. The average molecular weight is 382 g/mol. The van der Waals surface area contributed by atoms with Gasteiger partial charge in [-0.2, -0.15) is 5.10 Å². The third-order valence-electron chi connectivity index (χ3n) is 3.21. The van der Waals surface area contributed by atoms with Gasteiger partial charge in [-0.15, -0.1) is 0 Å². The second-order valence-corrected chi connectivity index (χ2v) is 6.08. The number of hydrogen-bond acceptors (Lipinski definition) is 6. The van der Waals surface area contributed by atoms with Crippen molar-refractivity contribution in [1.82, 2.24) is 24.6 Å². The van der Waals surface area contributed by atoms with E-state index in [4.69, 9.17) is 4.74 Å². The van der Waals surface area contributed by atoms with Crippen LogP contribution in [0.1, 0.15) is 19.5 Å². The van der Waals surface area contributed by atoms with Crippen LogP contribution in [-0.2, 0) is 5.60 Å². The number of aromatic nitrogens is 5. The van der Waals surface area contributed by atoms with Gasteiger partial charge >= 0.3 is 0 Å². The number of ether oxygens (including phenoxy) is 1. The Morgan fingerprint density at radius 2 is 2.04 bits per heavy atom. The van der Waals surface area contributed by atoms with Crippen LogP contribution in [0.15, 0.2) is 23.2 Å². The molecule has 23 heavy (non-hydrogen) atoms. The van der Waals surface area contributed by atoms with E-state index in [0.29, 0.717) is 22.8 Å². The van der Waals surface area contributed by atoms with Crippen molar-refractivity contribution in [2.75, 3.05) is 7.11 Å². The van der Waals surface area contributed by atoms with Gasteiger partial charge in [0.2, 0.25) is 0 Å². The maximum Gasteiger partial charge on any atom is 0.197 e. The molecule has 3 rings (SSSR count). The number of rotatable bonds is 3. The monoisotopic (exact) mass is 381 g/mol. The highest BCUT2D eigenvalue weighted by molar-refractivity contribution is 9.10. The predicted octanol–water partition coefficient (Wildman–Crippen LogP) is 2.32. The summed E-state index contributed by atoms with van der Waals surface area (Å²) in [6.07, 6.45) is 2.51. The Balaban J connectivity index is 2.30. The Bertz CT molecular complexity index is 891. The average Bonchev–Trinajstić information content (AvgIpc) is 2.90. The molecule has 0 amide bonds. The van der Waals surface area contributed by atoms with Gasteiger partial charge in [-0.1, -0.05) is 0 Å². The molecule has 9 heteroatoms. The predicted molar refractivity (Wildman–Crippen MR) is 83.5 cm³/mol. The van der Waals surface area contributed by atoms with Gasteiger partial charge in [0.15, 0.2) is 16.2 Å². The van der Waals surface area contributed by atoms with Gasteiger partial charge < -0.3 is 9.84 Å². The fourth-order valence-electron chi connectivity index (χ4n) is 2.16. The van der Waals surface area contributed by atoms with Crippen LogP contribution < -0.4 is 4.74 Å². The first-order valence-corrected chi connectivity index (χ1v) is 7.44. The van der Waals surface area contributed by atoms with E-state index in [9.17, 15) is 9.50 Å². The Hall–Kier alpha value is -2.13. The van der Waals surface area contributed by atoms with Crippen LogP contribution in [0.3, 0.4) is 0 Å². The number of halogens is 2. The van der Waals surface area contributed by atoms with E-state index in [2.05, 4.69) is 36.0 Å². The molecule has 0 unspecified atom stereocenters. The van der Waals surface area contributed by atoms with Crippen molar-refractivity contribution in [2.45, 2.75) is 19.4 Å². The summed E-state index contributed by atoms with van der Waals surface area (Å²) in [7, 11) is 1.48. The zero-order valence-corrected chi connectivity index (χ0v) is 14.2. The molecule has 7 nitrogen and oxygen atoms in total. The first-order chi connectivity index (χ1) is 10.8.